The molecule has 1 aliphatic heterocycles. The highest BCUT2D eigenvalue weighted by Gasteiger charge is 2.40. The molecule has 0 aliphatic carbocycles. The van der Waals surface area contributed by atoms with Crippen molar-refractivity contribution in [3.63, 3.8) is 0 Å². The van der Waals surface area contributed by atoms with Crippen LogP contribution in [0.1, 0.15) is 6.92 Å². The molecular weight excluding hydrogens is 137 g/mol. The minimum absolute atomic E-state index is 0.173. The zero-order chi connectivity index (χ0) is 7.72. The highest BCUT2D eigenvalue weighted by atomic mass is 19.1. The number of aliphatic hydroxyl groups excluding tert-OH is 1. The second-order valence-corrected chi connectivity index (χ2v) is 2.55. The molecule has 10 heavy (non-hydrogen) atoms. The smallest absolute Gasteiger partial charge is 0.154 e. The largest absolute Gasteiger partial charge is 0.387 e. The maximum absolute atomic E-state index is 12.7. The van der Waals surface area contributed by atoms with Crippen LogP contribution >= 0.6 is 0 Å². The van der Waals surface area contributed by atoms with E-state index in [1.54, 1.807) is 6.92 Å². The molecular formula is C6H12FNO2. The van der Waals surface area contributed by atoms with E-state index in [0.717, 1.165) is 0 Å². The summed E-state index contributed by atoms with van der Waals surface area (Å²) in [7, 11) is 0. The van der Waals surface area contributed by atoms with E-state index in [2.05, 4.69) is 0 Å². The van der Waals surface area contributed by atoms with Gasteiger partial charge in [0.05, 0.1) is 12.2 Å². The lowest BCUT2D eigenvalue weighted by molar-refractivity contribution is 0.0224. The number of rotatable bonds is 1. The first-order chi connectivity index (χ1) is 4.66. The second-order valence-electron chi connectivity index (χ2n) is 2.55. The van der Waals surface area contributed by atoms with Crippen molar-refractivity contribution in [2.75, 3.05) is 6.54 Å². The topological polar surface area (TPSA) is 55.5 Å². The van der Waals surface area contributed by atoms with Crippen molar-refractivity contribution in [3.8, 4) is 0 Å². The van der Waals surface area contributed by atoms with E-state index in [0.29, 0.717) is 0 Å². The van der Waals surface area contributed by atoms with Crippen LogP contribution in [-0.2, 0) is 4.74 Å². The van der Waals surface area contributed by atoms with Crippen LogP contribution in [0.2, 0.25) is 0 Å². The van der Waals surface area contributed by atoms with Crippen LogP contribution in [0.25, 0.3) is 0 Å². The Bertz CT molecular complexity index is 122. The first kappa shape index (κ1) is 7.91. The fourth-order valence-corrected chi connectivity index (χ4v) is 1.11. The lowest BCUT2D eigenvalue weighted by Gasteiger charge is -2.09. The van der Waals surface area contributed by atoms with Crippen LogP contribution in [0.3, 0.4) is 0 Å². The quantitative estimate of drug-likeness (QED) is 0.525. The maximum atomic E-state index is 12.7. The number of hydrogen-bond donors (Lipinski definition) is 2. The first-order valence-electron chi connectivity index (χ1n) is 3.34. The van der Waals surface area contributed by atoms with Crippen LogP contribution in [0.15, 0.2) is 0 Å². The van der Waals surface area contributed by atoms with Crippen LogP contribution < -0.4 is 5.73 Å². The predicted molar refractivity (Wildman–Crippen MR) is 34.3 cm³/mol. The van der Waals surface area contributed by atoms with E-state index >= 15 is 0 Å². The summed E-state index contributed by atoms with van der Waals surface area (Å²) in [5.74, 6) is 0. The standard InChI is InChI=1S/C6H12FNO2/c1-3-5(7)6(9)4(2-8)10-3/h3-6,9H,2,8H2,1H3/t3-,4+,5?,6-/m0/s1. The lowest BCUT2D eigenvalue weighted by Crippen LogP contribution is -2.33. The summed E-state index contributed by atoms with van der Waals surface area (Å²) in [5.41, 5.74) is 5.20. The van der Waals surface area contributed by atoms with Gasteiger partial charge < -0.3 is 15.6 Å². The second kappa shape index (κ2) is 2.82. The molecule has 0 aromatic carbocycles. The number of halogens is 1. The van der Waals surface area contributed by atoms with Gasteiger partial charge in [-0.1, -0.05) is 0 Å². The zero-order valence-electron chi connectivity index (χ0n) is 5.83. The fourth-order valence-electron chi connectivity index (χ4n) is 1.11. The number of ether oxygens (including phenoxy) is 1. The number of nitrogens with two attached hydrogens (primary N) is 1. The molecule has 0 aromatic rings. The Hall–Kier alpha value is -0.190. The Balaban J connectivity index is 2.53. The minimum atomic E-state index is -1.28. The van der Waals surface area contributed by atoms with E-state index in [4.69, 9.17) is 15.6 Å². The molecule has 60 valence electrons. The van der Waals surface area contributed by atoms with E-state index in [1.165, 1.54) is 0 Å². The molecule has 0 spiro atoms. The summed E-state index contributed by atoms with van der Waals surface area (Å²) in [6, 6.07) is 0. The molecule has 3 N–H and O–H groups in total. The number of hydrogen-bond acceptors (Lipinski definition) is 3. The van der Waals surface area contributed by atoms with Crippen molar-refractivity contribution in [1.29, 1.82) is 0 Å². The Morgan fingerprint density at radius 1 is 1.70 bits per heavy atom. The summed E-state index contributed by atoms with van der Waals surface area (Å²) in [5, 5.41) is 9.05. The Morgan fingerprint density at radius 3 is 2.50 bits per heavy atom. The summed E-state index contributed by atoms with van der Waals surface area (Å²) in [6.07, 6.45) is -3.37. The van der Waals surface area contributed by atoms with E-state index in [9.17, 15) is 4.39 Å². The third kappa shape index (κ3) is 1.14. The lowest BCUT2D eigenvalue weighted by atomic mass is 10.1. The van der Waals surface area contributed by atoms with Crippen molar-refractivity contribution in [1.82, 2.24) is 0 Å². The molecule has 1 rings (SSSR count). The molecule has 1 saturated heterocycles. The highest BCUT2D eigenvalue weighted by Crippen LogP contribution is 2.22. The summed E-state index contributed by atoms with van der Waals surface area (Å²) < 4.78 is 17.7. The maximum Gasteiger partial charge on any atom is 0.154 e. The molecule has 4 heteroatoms. The molecule has 0 amide bonds. The van der Waals surface area contributed by atoms with Crippen LogP contribution in [-0.4, -0.2) is 36.1 Å². The van der Waals surface area contributed by atoms with Gasteiger partial charge in [-0.3, -0.25) is 0 Å². The molecule has 0 radical (unpaired) electrons. The van der Waals surface area contributed by atoms with Gasteiger partial charge in [0.2, 0.25) is 0 Å². The summed E-state index contributed by atoms with van der Waals surface area (Å²) >= 11 is 0. The van der Waals surface area contributed by atoms with Gasteiger partial charge in [-0.05, 0) is 6.92 Å². The SMILES string of the molecule is C[C@@H]1O[C@H](CN)[C@H](O)C1F. The van der Waals surface area contributed by atoms with E-state index < -0.39 is 24.5 Å². The predicted octanol–water partition coefficient (Wildman–Crippen LogP) is -0.569. The average molecular weight is 149 g/mol. The van der Waals surface area contributed by atoms with Crippen LogP contribution in [0.4, 0.5) is 4.39 Å². The van der Waals surface area contributed by atoms with Crippen LogP contribution in [0, 0.1) is 0 Å². The molecule has 0 bridgehead atoms. The first-order valence-corrected chi connectivity index (χ1v) is 3.34. The third-order valence-corrected chi connectivity index (χ3v) is 1.78. The number of alkyl halides is 1. The molecule has 1 aliphatic rings. The van der Waals surface area contributed by atoms with E-state index in [1.807, 2.05) is 0 Å². The third-order valence-electron chi connectivity index (χ3n) is 1.78. The van der Waals surface area contributed by atoms with Gasteiger partial charge in [0.15, 0.2) is 6.17 Å². The van der Waals surface area contributed by atoms with Crippen molar-refractivity contribution in [2.24, 2.45) is 5.73 Å². The van der Waals surface area contributed by atoms with Crippen molar-refractivity contribution in [2.45, 2.75) is 31.4 Å². The Kier molecular flexibility index (Phi) is 2.23. The van der Waals surface area contributed by atoms with Gasteiger partial charge >= 0.3 is 0 Å². The average Bonchev–Trinajstić information content (AvgIpc) is 2.17. The molecule has 4 atom stereocenters. The van der Waals surface area contributed by atoms with Gasteiger partial charge in [-0.15, -0.1) is 0 Å². The van der Waals surface area contributed by atoms with Crippen molar-refractivity contribution >= 4 is 0 Å². The molecule has 3 nitrogen and oxygen atoms in total. The molecule has 1 heterocycles. The van der Waals surface area contributed by atoms with Gasteiger partial charge in [-0.2, -0.15) is 0 Å². The van der Waals surface area contributed by atoms with Gasteiger partial charge in [0.1, 0.15) is 6.10 Å². The fraction of sp³-hybridized carbons (Fsp3) is 1.00. The van der Waals surface area contributed by atoms with Crippen molar-refractivity contribution < 1.29 is 14.2 Å². The summed E-state index contributed by atoms with van der Waals surface area (Å²) in [6.45, 7) is 1.76. The molecule has 1 unspecified atom stereocenters. The Labute approximate surface area is 59.0 Å². The Morgan fingerprint density at radius 2 is 2.30 bits per heavy atom. The highest BCUT2D eigenvalue weighted by molar-refractivity contribution is 4.88. The molecule has 0 aromatic heterocycles. The van der Waals surface area contributed by atoms with Gasteiger partial charge in [-0.25, -0.2) is 4.39 Å². The summed E-state index contributed by atoms with van der Waals surface area (Å²) in [4.78, 5) is 0. The van der Waals surface area contributed by atoms with Crippen molar-refractivity contribution in [3.05, 3.63) is 0 Å². The normalized spacial score (nSPS) is 48.0. The van der Waals surface area contributed by atoms with Gasteiger partial charge in [0.25, 0.3) is 0 Å². The van der Waals surface area contributed by atoms with Gasteiger partial charge in [0, 0.05) is 6.54 Å². The number of aliphatic hydroxyl groups is 1. The molecule has 1 fully saturated rings. The zero-order valence-corrected chi connectivity index (χ0v) is 5.83. The van der Waals surface area contributed by atoms with Crippen LogP contribution in [0.5, 0.6) is 0 Å². The molecule has 0 saturated carbocycles. The minimum Gasteiger partial charge on any atom is -0.387 e. The monoisotopic (exact) mass is 149 g/mol. The van der Waals surface area contributed by atoms with E-state index in [-0.39, 0.29) is 6.54 Å².